The number of urea groups is 1. The van der Waals surface area contributed by atoms with Gasteiger partial charge in [0.1, 0.15) is 5.75 Å². The zero-order chi connectivity index (χ0) is 14.7. The molecule has 0 bridgehead atoms. The molecule has 0 aliphatic rings. The molecular weight excluding hydrogens is 299 g/mol. The number of hydrogen-bond donors (Lipinski definition) is 3. The van der Waals surface area contributed by atoms with Gasteiger partial charge in [-0.15, -0.1) is 0 Å². The highest BCUT2D eigenvalue weighted by Gasteiger charge is 2.06. The predicted molar refractivity (Wildman–Crippen MR) is 81.9 cm³/mol. The minimum Gasteiger partial charge on any atom is -0.506 e. The van der Waals surface area contributed by atoms with Crippen LogP contribution in [0.3, 0.4) is 0 Å². The monoisotopic (exact) mass is 310 g/mol. The van der Waals surface area contributed by atoms with Gasteiger partial charge in [-0.05, 0) is 42.8 Å². The van der Waals surface area contributed by atoms with Gasteiger partial charge >= 0.3 is 6.03 Å². The van der Waals surface area contributed by atoms with Crippen molar-refractivity contribution in [3.63, 3.8) is 0 Å². The van der Waals surface area contributed by atoms with E-state index in [0.29, 0.717) is 16.4 Å². The van der Waals surface area contributed by atoms with Gasteiger partial charge in [0.25, 0.3) is 0 Å². The molecule has 0 radical (unpaired) electrons. The summed E-state index contributed by atoms with van der Waals surface area (Å²) in [5, 5.41) is 15.3. The summed E-state index contributed by atoms with van der Waals surface area (Å²) < 4.78 is 0. The van der Waals surface area contributed by atoms with E-state index in [-0.39, 0.29) is 10.8 Å². The van der Waals surface area contributed by atoms with Crippen LogP contribution in [-0.4, -0.2) is 11.1 Å². The Morgan fingerprint density at radius 3 is 2.10 bits per heavy atom. The van der Waals surface area contributed by atoms with Gasteiger partial charge in [0.05, 0.1) is 5.02 Å². The van der Waals surface area contributed by atoms with Gasteiger partial charge in [-0.1, -0.05) is 29.3 Å². The lowest BCUT2D eigenvalue weighted by atomic mass is 10.2. The Morgan fingerprint density at radius 1 is 1.00 bits per heavy atom. The highest BCUT2D eigenvalue weighted by Crippen LogP contribution is 2.26. The second-order valence-corrected chi connectivity index (χ2v) is 5.02. The van der Waals surface area contributed by atoms with Gasteiger partial charge in [-0.2, -0.15) is 0 Å². The molecule has 0 saturated heterocycles. The maximum atomic E-state index is 11.8. The van der Waals surface area contributed by atoms with Crippen molar-refractivity contribution in [3.8, 4) is 5.75 Å². The second-order valence-electron chi connectivity index (χ2n) is 4.21. The third kappa shape index (κ3) is 3.56. The Labute approximate surface area is 126 Å². The van der Waals surface area contributed by atoms with Gasteiger partial charge in [0.15, 0.2) is 0 Å². The van der Waals surface area contributed by atoms with Gasteiger partial charge in [-0.3, -0.25) is 0 Å². The maximum Gasteiger partial charge on any atom is 0.323 e. The molecule has 0 aliphatic carbocycles. The lowest BCUT2D eigenvalue weighted by molar-refractivity contribution is 0.262. The SMILES string of the molecule is Cc1ccc(NC(=O)Nc2ccc(O)c(Cl)c2)cc1Cl. The number of nitrogens with one attached hydrogen (secondary N) is 2. The molecule has 6 heteroatoms. The number of aryl methyl sites for hydroxylation is 1. The van der Waals surface area contributed by atoms with E-state index in [9.17, 15) is 9.90 Å². The van der Waals surface area contributed by atoms with Crippen LogP contribution in [0.2, 0.25) is 10.0 Å². The van der Waals surface area contributed by atoms with E-state index >= 15 is 0 Å². The molecule has 2 aromatic carbocycles. The molecule has 2 amide bonds. The number of carbonyl (C=O) groups excluding carboxylic acids is 1. The van der Waals surface area contributed by atoms with Crippen molar-refractivity contribution in [3.05, 3.63) is 52.0 Å². The van der Waals surface area contributed by atoms with Gasteiger partial charge in [0, 0.05) is 16.4 Å². The standard InChI is InChI=1S/C14H12Cl2N2O2/c1-8-2-3-9(6-11(8)15)17-14(20)18-10-4-5-13(19)12(16)7-10/h2-7,19H,1H3,(H2,17,18,20). The first-order valence-corrected chi connectivity index (χ1v) is 6.54. The number of benzene rings is 2. The molecule has 0 heterocycles. The summed E-state index contributed by atoms with van der Waals surface area (Å²) >= 11 is 11.7. The molecular formula is C14H12Cl2N2O2. The number of aromatic hydroxyl groups is 1. The van der Waals surface area contributed by atoms with Crippen molar-refractivity contribution >= 4 is 40.6 Å². The molecule has 20 heavy (non-hydrogen) atoms. The molecule has 2 aromatic rings. The molecule has 0 spiro atoms. The van der Waals surface area contributed by atoms with Crippen molar-refractivity contribution in [2.75, 3.05) is 10.6 Å². The van der Waals surface area contributed by atoms with Crippen LogP contribution in [0.25, 0.3) is 0 Å². The molecule has 0 unspecified atom stereocenters. The van der Waals surface area contributed by atoms with E-state index in [4.69, 9.17) is 23.2 Å². The van der Waals surface area contributed by atoms with Gasteiger partial charge in [0.2, 0.25) is 0 Å². The number of phenols is 1. The van der Waals surface area contributed by atoms with Crippen LogP contribution in [0.5, 0.6) is 5.75 Å². The Morgan fingerprint density at radius 2 is 1.55 bits per heavy atom. The van der Waals surface area contributed by atoms with Crippen LogP contribution in [0.15, 0.2) is 36.4 Å². The fourth-order valence-electron chi connectivity index (χ4n) is 1.55. The Balaban J connectivity index is 2.04. The van der Waals surface area contributed by atoms with Gasteiger partial charge in [-0.25, -0.2) is 4.79 Å². The third-order valence-electron chi connectivity index (χ3n) is 2.64. The zero-order valence-corrected chi connectivity index (χ0v) is 12.1. The van der Waals surface area contributed by atoms with E-state index in [1.165, 1.54) is 12.1 Å². The number of amides is 2. The van der Waals surface area contributed by atoms with E-state index in [1.54, 1.807) is 18.2 Å². The molecule has 0 aliphatic heterocycles. The normalized spacial score (nSPS) is 10.2. The largest absolute Gasteiger partial charge is 0.506 e. The number of rotatable bonds is 2. The van der Waals surface area contributed by atoms with Crippen molar-refractivity contribution in [1.82, 2.24) is 0 Å². The number of hydrogen-bond acceptors (Lipinski definition) is 2. The Hall–Kier alpha value is -1.91. The number of anilines is 2. The summed E-state index contributed by atoms with van der Waals surface area (Å²) in [6, 6.07) is 9.22. The van der Waals surface area contributed by atoms with Crippen molar-refractivity contribution < 1.29 is 9.90 Å². The molecule has 104 valence electrons. The molecule has 0 aromatic heterocycles. The fourth-order valence-corrected chi connectivity index (χ4v) is 1.91. The predicted octanol–water partition coefficient (Wildman–Crippen LogP) is 4.65. The highest BCUT2D eigenvalue weighted by atomic mass is 35.5. The van der Waals surface area contributed by atoms with E-state index in [0.717, 1.165) is 5.56 Å². The zero-order valence-electron chi connectivity index (χ0n) is 10.6. The molecule has 3 N–H and O–H groups in total. The first kappa shape index (κ1) is 14.5. The topological polar surface area (TPSA) is 61.4 Å². The molecule has 4 nitrogen and oxygen atoms in total. The van der Waals surface area contributed by atoms with Crippen LogP contribution in [-0.2, 0) is 0 Å². The number of halogens is 2. The summed E-state index contributed by atoms with van der Waals surface area (Å²) in [4.78, 5) is 11.8. The van der Waals surface area contributed by atoms with Crippen molar-refractivity contribution in [2.24, 2.45) is 0 Å². The van der Waals surface area contributed by atoms with Crippen LogP contribution in [0.1, 0.15) is 5.56 Å². The van der Waals surface area contributed by atoms with Crippen molar-refractivity contribution in [1.29, 1.82) is 0 Å². The highest BCUT2D eigenvalue weighted by molar-refractivity contribution is 6.32. The van der Waals surface area contributed by atoms with Crippen LogP contribution >= 0.6 is 23.2 Å². The Kier molecular flexibility index (Phi) is 4.37. The summed E-state index contributed by atoms with van der Waals surface area (Å²) in [6.45, 7) is 1.88. The van der Waals surface area contributed by atoms with Crippen LogP contribution < -0.4 is 10.6 Å². The first-order chi connectivity index (χ1) is 9.45. The molecule has 0 saturated carbocycles. The number of phenolic OH excluding ortho intramolecular Hbond substituents is 1. The minimum atomic E-state index is -0.424. The molecule has 0 fully saturated rings. The summed E-state index contributed by atoms with van der Waals surface area (Å²) in [6.07, 6.45) is 0. The minimum absolute atomic E-state index is 0.0389. The summed E-state index contributed by atoms with van der Waals surface area (Å²) in [5.41, 5.74) is 1.99. The summed E-state index contributed by atoms with van der Waals surface area (Å²) in [7, 11) is 0. The Bertz CT molecular complexity index is 604. The van der Waals surface area contributed by atoms with Gasteiger partial charge < -0.3 is 15.7 Å². The van der Waals surface area contributed by atoms with Crippen LogP contribution in [0, 0.1) is 6.92 Å². The molecule has 0 atom stereocenters. The smallest absolute Gasteiger partial charge is 0.323 e. The van der Waals surface area contributed by atoms with E-state index in [2.05, 4.69) is 10.6 Å². The van der Waals surface area contributed by atoms with Crippen molar-refractivity contribution in [2.45, 2.75) is 6.92 Å². The van der Waals surface area contributed by atoms with Crippen LogP contribution in [0.4, 0.5) is 16.2 Å². The lowest BCUT2D eigenvalue weighted by Crippen LogP contribution is -2.19. The third-order valence-corrected chi connectivity index (χ3v) is 3.35. The number of carbonyl (C=O) groups is 1. The lowest BCUT2D eigenvalue weighted by Gasteiger charge is -2.09. The average molecular weight is 311 g/mol. The molecule has 2 rings (SSSR count). The van der Waals surface area contributed by atoms with E-state index < -0.39 is 6.03 Å². The first-order valence-electron chi connectivity index (χ1n) is 5.78. The second kappa shape index (κ2) is 6.03. The average Bonchev–Trinajstić information content (AvgIpc) is 2.38. The fraction of sp³-hybridized carbons (Fsp3) is 0.0714. The van der Waals surface area contributed by atoms with E-state index in [1.807, 2.05) is 13.0 Å². The summed E-state index contributed by atoms with van der Waals surface area (Å²) in [5.74, 6) is -0.0389. The maximum absolute atomic E-state index is 11.8. The quantitative estimate of drug-likeness (QED) is 0.707.